The summed E-state index contributed by atoms with van der Waals surface area (Å²) in [7, 11) is 1.83. The van der Waals surface area contributed by atoms with Crippen LogP contribution in [0.25, 0.3) is 0 Å². The Morgan fingerprint density at radius 2 is 2.18 bits per heavy atom. The lowest BCUT2D eigenvalue weighted by molar-refractivity contribution is 0.0192. The minimum Gasteiger partial charge on any atom is -0.381 e. The van der Waals surface area contributed by atoms with Crippen LogP contribution in [0.2, 0.25) is 0 Å². The van der Waals surface area contributed by atoms with E-state index in [0.717, 1.165) is 52.1 Å². The first-order valence-electron chi connectivity index (χ1n) is 6.46. The highest BCUT2D eigenvalue weighted by atomic mass is 16.5. The van der Waals surface area contributed by atoms with Crippen molar-refractivity contribution in [3.8, 4) is 6.07 Å². The van der Waals surface area contributed by atoms with Crippen LogP contribution in [0.1, 0.15) is 32.6 Å². The summed E-state index contributed by atoms with van der Waals surface area (Å²) in [4.78, 5) is 0. The fourth-order valence-corrected chi connectivity index (χ4v) is 1.93. The van der Waals surface area contributed by atoms with E-state index in [4.69, 9.17) is 14.7 Å². The normalized spacial score (nSPS) is 20.8. The van der Waals surface area contributed by atoms with Crippen molar-refractivity contribution in [1.29, 1.82) is 5.26 Å². The van der Waals surface area contributed by atoms with Crippen LogP contribution < -0.4 is 5.32 Å². The quantitative estimate of drug-likeness (QED) is 0.688. The van der Waals surface area contributed by atoms with E-state index in [-0.39, 0.29) is 0 Å². The first-order valence-corrected chi connectivity index (χ1v) is 6.46. The summed E-state index contributed by atoms with van der Waals surface area (Å²) in [5.74, 6) is 0.662. The topological polar surface area (TPSA) is 54.3 Å². The van der Waals surface area contributed by atoms with E-state index in [1.54, 1.807) is 0 Å². The molecule has 98 valence electrons. The van der Waals surface area contributed by atoms with Gasteiger partial charge in [0.15, 0.2) is 0 Å². The monoisotopic (exact) mass is 240 g/mol. The van der Waals surface area contributed by atoms with Crippen molar-refractivity contribution in [1.82, 2.24) is 5.32 Å². The first-order chi connectivity index (χ1) is 8.20. The molecule has 1 fully saturated rings. The Hall–Kier alpha value is -0.630. The van der Waals surface area contributed by atoms with Crippen molar-refractivity contribution >= 4 is 0 Å². The third-order valence-electron chi connectivity index (χ3n) is 3.46. The molecule has 1 rings (SSSR count). The second-order valence-electron chi connectivity index (χ2n) is 4.93. The average molecular weight is 240 g/mol. The molecule has 1 aliphatic rings. The summed E-state index contributed by atoms with van der Waals surface area (Å²) in [6.45, 7) is 5.26. The first kappa shape index (κ1) is 14.4. The zero-order valence-electron chi connectivity index (χ0n) is 11.0. The van der Waals surface area contributed by atoms with Gasteiger partial charge in [-0.25, -0.2) is 0 Å². The molecular weight excluding hydrogens is 216 g/mol. The van der Waals surface area contributed by atoms with Gasteiger partial charge in [-0.2, -0.15) is 5.26 Å². The van der Waals surface area contributed by atoms with Crippen LogP contribution >= 0.6 is 0 Å². The molecule has 0 spiro atoms. The van der Waals surface area contributed by atoms with Crippen LogP contribution in [0.4, 0.5) is 0 Å². The van der Waals surface area contributed by atoms with Gasteiger partial charge < -0.3 is 14.8 Å². The predicted molar refractivity (Wildman–Crippen MR) is 66.7 cm³/mol. The summed E-state index contributed by atoms with van der Waals surface area (Å²) in [6, 6.07) is 2.29. The molecule has 1 heterocycles. The number of hydrogen-bond donors (Lipinski definition) is 1. The Bertz CT molecular complexity index is 246. The molecule has 4 nitrogen and oxygen atoms in total. The second-order valence-corrected chi connectivity index (χ2v) is 4.93. The van der Waals surface area contributed by atoms with Gasteiger partial charge in [0.25, 0.3) is 0 Å². The van der Waals surface area contributed by atoms with E-state index in [2.05, 4.69) is 11.4 Å². The van der Waals surface area contributed by atoms with Crippen LogP contribution in [-0.2, 0) is 9.47 Å². The van der Waals surface area contributed by atoms with E-state index in [9.17, 15) is 0 Å². The lowest BCUT2D eigenvalue weighted by Gasteiger charge is -2.23. The van der Waals surface area contributed by atoms with Gasteiger partial charge in [0.1, 0.15) is 5.54 Å². The van der Waals surface area contributed by atoms with E-state index in [0.29, 0.717) is 5.92 Å². The molecule has 17 heavy (non-hydrogen) atoms. The predicted octanol–water partition coefficient (Wildman–Crippen LogP) is 1.71. The number of rotatable bonds is 7. The molecule has 1 aliphatic heterocycles. The fourth-order valence-electron chi connectivity index (χ4n) is 1.93. The number of ether oxygens (including phenoxy) is 2. The Morgan fingerprint density at radius 3 is 2.76 bits per heavy atom. The molecule has 1 unspecified atom stereocenters. The molecule has 0 aliphatic carbocycles. The third kappa shape index (κ3) is 5.49. The average Bonchev–Trinajstić information content (AvgIpc) is 2.39. The van der Waals surface area contributed by atoms with E-state index >= 15 is 0 Å². The van der Waals surface area contributed by atoms with Crippen molar-refractivity contribution in [2.24, 2.45) is 5.92 Å². The number of nitrogens with zero attached hydrogens (tertiary/aromatic N) is 1. The van der Waals surface area contributed by atoms with Gasteiger partial charge in [-0.05, 0) is 45.6 Å². The maximum atomic E-state index is 8.98. The van der Waals surface area contributed by atoms with Crippen LogP contribution in [0.3, 0.4) is 0 Å². The van der Waals surface area contributed by atoms with Crippen molar-refractivity contribution in [3.63, 3.8) is 0 Å². The summed E-state index contributed by atoms with van der Waals surface area (Å²) in [5.41, 5.74) is -0.415. The second kappa shape index (κ2) is 7.65. The summed E-state index contributed by atoms with van der Waals surface area (Å²) < 4.78 is 11.0. The van der Waals surface area contributed by atoms with E-state index < -0.39 is 5.54 Å². The van der Waals surface area contributed by atoms with Gasteiger partial charge in [0, 0.05) is 26.4 Å². The van der Waals surface area contributed by atoms with Crippen LogP contribution in [0.5, 0.6) is 0 Å². The molecule has 4 heteroatoms. The summed E-state index contributed by atoms with van der Waals surface area (Å²) >= 11 is 0. The van der Waals surface area contributed by atoms with Gasteiger partial charge >= 0.3 is 0 Å². The highest BCUT2D eigenvalue weighted by Crippen LogP contribution is 2.15. The maximum absolute atomic E-state index is 8.98. The summed E-state index contributed by atoms with van der Waals surface area (Å²) in [6.07, 6.45) is 3.99. The standard InChI is InChI=1S/C13H24N2O2/c1-13(11-14,15-2)6-3-7-17-10-12-4-8-16-9-5-12/h12,15H,3-10H2,1-2H3. The molecule has 0 saturated carbocycles. The Labute approximate surface area is 104 Å². The van der Waals surface area contributed by atoms with Gasteiger partial charge in [0.2, 0.25) is 0 Å². The van der Waals surface area contributed by atoms with Gasteiger partial charge in [-0.3, -0.25) is 0 Å². The van der Waals surface area contributed by atoms with Crippen molar-refractivity contribution < 1.29 is 9.47 Å². The van der Waals surface area contributed by atoms with Crippen molar-refractivity contribution in [3.05, 3.63) is 0 Å². The fraction of sp³-hybridized carbons (Fsp3) is 0.923. The lowest BCUT2D eigenvalue weighted by atomic mass is 9.98. The molecular formula is C13H24N2O2. The van der Waals surface area contributed by atoms with E-state index in [1.165, 1.54) is 0 Å². The highest BCUT2D eigenvalue weighted by Gasteiger charge is 2.20. The number of nitriles is 1. The van der Waals surface area contributed by atoms with Crippen molar-refractivity contribution in [2.45, 2.75) is 38.1 Å². The molecule has 1 N–H and O–H groups in total. The lowest BCUT2D eigenvalue weighted by Crippen LogP contribution is -2.38. The largest absolute Gasteiger partial charge is 0.381 e. The summed E-state index contributed by atoms with van der Waals surface area (Å²) in [5, 5.41) is 12.0. The number of nitrogens with one attached hydrogen (secondary N) is 1. The smallest absolute Gasteiger partial charge is 0.103 e. The minimum absolute atomic E-state index is 0.415. The zero-order chi connectivity index (χ0) is 12.6. The Morgan fingerprint density at radius 1 is 1.47 bits per heavy atom. The molecule has 0 aromatic rings. The Balaban J connectivity index is 2.02. The highest BCUT2D eigenvalue weighted by molar-refractivity contribution is 5.02. The van der Waals surface area contributed by atoms with Crippen LogP contribution in [0.15, 0.2) is 0 Å². The van der Waals surface area contributed by atoms with E-state index in [1.807, 2.05) is 14.0 Å². The van der Waals surface area contributed by atoms with Gasteiger partial charge in [-0.1, -0.05) is 0 Å². The Kier molecular flexibility index (Phi) is 6.49. The molecule has 0 bridgehead atoms. The van der Waals surface area contributed by atoms with Gasteiger partial charge in [-0.15, -0.1) is 0 Å². The molecule has 0 aromatic carbocycles. The van der Waals surface area contributed by atoms with Crippen molar-refractivity contribution in [2.75, 3.05) is 33.5 Å². The molecule has 1 saturated heterocycles. The van der Waals surface area contributed by atoms with Crippen LogP contribution in [-0.4, -0.2) is 39.0 Å². The van der Waals surface area contributed by atoms with Crippen LogP contribution in [0, 0.1) is 17.2 Å². The molecule has 1 atom stereocenters. The third-order valence-corrected chi connectivity index (χ3v) is 3.46. The number of hydrogen-bond acceptors (Lipinski definition) is 4. The maximum Gasteiger partial charge on any atom is 0.103 e. The molecule has 0 aromatic heterocycles. The zero-order valence-corrected chi connectivity index (χ0v) is 11.0. The molecule has 0 amide bonds. The molecule has 0 radical (unpaired) electrons. The SMILES string of the molecule is CNC(C)(C#N)CCCOCC1CCOCC1. The minimum atomic E-state index is -0.415. The van der Waals surface area contributed by atoms with Gasteiger partial charge in [0.05, 0.1) is 6.07 Å².